The number of aromatic hydroxyl groups is 1. The minimum Gasteiger partial charge on any atom is -0.507 e. The maximum Gasteiger partial charge on any atom is 0.164 e. The lowest BCUT2D eigenvalue weighted by atomic mass is 9.82. The van der Waals surface area contributed by atoms with Crippen molar-refractivity contribution in [2.45, 2.75) is 45.1 Å². The van der Waals surface area contributed by atoms with Gasteiger partial charge in [0.25, 0.3) is 0 Å². The fraction of sp³-hybridized carbons (Fsp3) is 0.444. The largest absolute Gasteiger partial charge is 0.507 e. The smallest absolute Gasteiger partial charge is 0.164 e. The van der Waals surface area contributed by atoms with E-state index in [2.05, 4.69) is 31.3 Å². The number of methoxy groups -OCH3 is 2. The van der Waals surface area contributed by atoms with Crippen LogP contribution in [0.5, 0.6) is 28.7 Å². The number of hydrogen-bond donors (Lipinski definition) is 2. The number of ether oxygens (including phenoxy) is 4. The molecule has 2 aliphatic rings. The van der Waals surface area contributed by atoms with Crippen LogP contribution in [0.4, 0.5) is 0 Å². The summed E-state index contributed by atoms with van der Waals surface area (Å²) < 4.78 is 23.1. The van der Waals surface area contributed by atoms with Crippen LogP contribution in [0.15, 0.2) is 41.6 Å². The molecule has 8 heteroatoms. The average molecular weight is 500 g/mol. The Morgan fingerprint density at radius 3 is 2.60 bits per heavy atom. The van der Waals surface area contributed by atoms with Gasteiger partial charge >= 0.3 is 0 Å². The molecule has 2 aliphatic heterocycles. The third kappa shape index (κ3) is 4.76. The molecule has 4 rings (SSSR count). The molecule has 0 aliphatic carbocycles. The van der Waals surface area contributed by atoms with Gasteiger partial charge in [0.15, 0.2) is 11.5 Å². The molecule has 0 saturated heterocycles. The number of thiol groups is 1. The van der Waals surface area contributed by atoms with E-state index in [1.807, 2.05) is 25.1 Å². The molecule has 7 nitrogen and oxygen atoms in total. The molecular formula is C27H33NO6S. The second kappa shape index (κ2) is 10.7. The number of oxime groups is 1. The Morgan fingerprint density at radius 1 is 1.20 bits per heavy atom. The van der Waals surface area contributed by atoms with Gasteiger partial charge in [-0.25, -0.2) is 0 Å². The normalized spacial score (nSPS) is 20.8. The van der Waals surface area contributed by atoms with Gasteiger partial charge in [-0.3, -0.25) is 0 Å². The Morgan fingerprint density at radius 2 is 1.94 bits per heavy atom. The van der Waals surface area contributed by atoms with E-state index in [-0.39, 0.29) is 29.6 Å². The summed E-state index contributed by atoms with van der Waals surface area (Å²) in [6.07, 6.45) is 2.68. The molecule has 2 aromatic carbocycles. The third-order valence-electron chi connectivity index (χ3n) is 6.72. The first kappa shape index (κ1) is 25.1. The molecule has 35 heavy (non-hydrogen) atoms. The molecular weight excluding hydrogens is 466 g/mol. The van der Waals surface area contributed by atoms with Crippen LogP contribution in [0, 0.1) is 5.92 Å². The van der Waals surface area contributed by atoms with Crippen molar-refractivity contribution >= 4 is 18.3 Å². The quantitative estimate of drug-likeness (QED) is 0.270. The molecule has 0 aromatic heterocycles. The Kier molecular flexibility index (Phi) is 7.69. The maximum atomic E-state index is 11.4. The number of benzene rings is 2. The van der Waals surface area contributed by atoms with Gasteiger partial charge in [0.05, 0.1) is 20.1 Å². The number of nitrogens with zero attached hydrogens (tertiary/aromatic N) is 1. The standard InChI is InChI=1S/C27H33NO6S/c1-6-7-21-17(15(2)3)10-19-22(34-21)9-8-16(27(19)29)26-20(13-33-28-26)18-11-24(30-4)25(31-5)12-23(18)32-14-35/h8-9,11-12,17,20-21,29,35H,2,6-7,10,13-14H2,1,3-5H3/t17-,20?,21?/m1/s1. The number of phenols is 1. The van der Waals surface area contributed by atoms with E-state index in [9.17, 15) is 5.11 Å². The number of rotatable bonds is 9. The summed E-state index contributed by atoms with van der Waals surface area (Å²) in [5.41, 5.74) is 3.86. The molecule has 0 fully saturated rings. The van der Waals surface area contributed by atoms with E-state index in [0.717, 1.165) is 29.5 Å². The average Bonchev–Trinajstić information content (AvgIpc) is 3.33. The highest BCUT2D eigenvalue weighted by atomic mass is 32.1. The topological polar surface area (TPSA) is 78.7 Å². The van der Waals surface area contributed by atoms with Gasteiger partial charge in [0.1, 0.15) is 41.6 Å². The minimum atomic E-state index is -0.289. The summed E-state index contributed by atoms with van der Waals surface area (Å²) in [6.45, 7) is 8.64. The lowest BCUT2D eigenvalue weighted by Crippen LogP contribution is -2.33. The third-order valence-corrected chi connectivity index (χ3v) is 6.85. The molecule has 3 atom stereocenters. The first-order chi connectivity index (χ1) is 16.9. The monoisotopic (exact) mass is 499 g/mol. The highest BCUT2D eigenvalue weighted by molar-refractivity contribution is 7.80. The number of fused-ring (bicyclic) bond motifs is 1. The van der Waals surface area contributed by atoms with E-state index < -0.39 is 0 Å². The summed E-state index contributed by atoms with van der Waals surface area (Å²) >= 11 is 4.23. The van der Waals surface area contributed by atoms with Crippen molar-refractivity contribution in [3.05, 3.63) is 53.1 Å². The lowest BCUT2D eigenvalue weighted by molar-refractivity contribution is 0.120. The molecule has 2 heterocycles. The van der Waals surface area contributed by atoms with Crippen LogP contribution in [0.2, 0.25) is 0 Å². The van der Waals surface area contributed by atoms with Crippen molar-refractivity contribution in [1.82, 2.24) is 0 Å². The summed E-state index contributed by atoms with van der Waals surface area (Å²) in [4.78, 5) is 5.53. The highest BCUT2D eigenvalue weighted by Gasteiger charge is 2.36. The first-order valence-corrected chi connectivity index (χ1v) is 12.4. The zero-order valence-electron chi connectivity index (χ0n) is 20.7. The van der Waals surface area contributed by atoms with Gasteiger partial charge in [-0.2, -0.15) is 0 Å². The van der Waals surface area contributed by atoms with E-state index in [4.69, 9.17) is 23.8 Å². The lowest BCUT2D eigenvalue weighted by Gasteiger charge is -2.35. The van der Waals surface area contributed by atoms with Gasteiger partial charge in [-0.05, 0) is 38.0 Å². The zero-order chi connectivity index (χ0) is 25.1. The molecule has 2 aromatic rings. The van der Waals surface area contributed by atoms with Crippen molar-refractivity contribution in [2.24, 2.45) is 11.1 Å². The molecule has 0 amide bonds. The van der Waals surface area contributed by atoms with Crippen molar-refractivity contribution in [3.63, 3.8) is 0 Å². The van der Waals surface area contributed by atoms with E-state index >= 15 is 0 Å². The van der Waals surface area contributed by atoms with Crippen LogP contribution in [0.3, 0.4) is 0 Å². The zero-order valence-corrected chi connectivity index (χ0v) is 21.6. The van der Waals surface area contributed by atoms with Crippen LogP contribution in [-0.2, 0) is 11.3 Å². The first-order valence-electron chi connectivity index (χ1n) is 11.8. The number of hydrogen-bond acceptors (Lipinski definition) is 8. The van der Waals surface area contributed by atoms with Gasteiger partial charge in [-0.1, -0.05) is 30.7 Å². The summed E-state index contributed by atoms with van der Waals surface area (Å²) in [5.74, 6) is 2.61. The Hall–Kier alpha value is -3.00. The molecule has 0 bridgehead atoms. The van der Waals surface area contributed by atoms with Crippen molar-refractivity contribution in [1.29, 1.82) is 0 Å². The second-order valence-electron chi connectivity index (χ2n) is 8.88. The minimum absolute atomic E-state index is 0.0582. The molecule has 188 valence electrons. The summed E-state index contributed by atoms with van der Waals surface area (Å²) in [7, 11) is 3.16. The predicted molar refractivity (Wildman–Crippen MR) is 139 cm³/mol. The molecule has 0 saturated carbocycles. The van der Waals surface area contributed by atoms with Gasteiger partial charge in [-0.15, -0.1) is 12.6 Å². The second-order valence-corrected chi connectivity index (χ2v) is 9.14. The summed E-state index contributed by atoms with van der Waals surface area (Å²) in [5, 5.41) is 15.7. The van der Waals surface area contributed by atoms with E-state index in [0.29, 0.717) is 47.3 Å². The summed E-state index contributed by atoms with van der Waals surface area (Å²) in [6, 6.07) is 7.39. The molecule has 1 N–H and O–H groups in total. The molecule has 0 radical (unpaired) electrons. The Labute approximate surface area is 212 Å². The Bertz CT molecular complexity index is 1130. The SMILES string of the molecule is C=C(C)[C@H]1Cc2c(ccc(C3=NOCC3c3cc(OC)c(OC)cc3OCS)c2O)OC1CCC. The number of phenolic OH excluding ortho intramolecular Hbond substituents is 1. The fourth-order valence-electron chi connectivity index (χ4n) is 4.91. The van der Waals surface area contributed by atoms with E-state index in [1.165, 1.54) is 0 Å². The Balaban J connectivity index is 1.74. The highest BCUT2D eigenvalue weighted by Crippen LogP contribution is 2.45. The fourth-order valence-corrected chi connectivity index (χ4v) is 5.04. The van der Waals surface area contributed by atoms with Gasteiger partial charge in [0, 0.05) is 28.7 Å². The van der Waals surface area contributed by atoms with Gasteiger partial charge in [0.2, 0.25) is 0 Å². The molecule has 0 spiro atoms. The predicted octanol–water partition coefficient (Wildman–Crippen LogP) is 5.49. The van der Waals surface area contributed by atoms with Crippen LogP contribution in [0.25, 0.3) is 0 Å². The molecule has 2 unspecified atom stereocenters. The van der Waals surface area contributed by atoms with Crippen molar-refractivity contribution < 1.29 is 28.9 Å². The van der Waals surface area contributed by atoms with Crippen LogP contribution >= 0.6 is 12.6 Å². The van der Waals surface area contributed by atoms with Crippen LogP contribution in [-0.4, -0.2) is 43.7 Å². The van der Waals surface area contributed by atoms with Gasteiger partial charge < -0.3 is 28.9 Å². The van der Waals surface area contributed by atoms with Crippen LogP contribution in [0.1, 0.15) is 49.3 Å². The van der Waals surface area contributed by atoms with Crippen molar-refractivity contribution in [3.8, 4) is 28.7 Å². The van der Waals surface area contributed by atoms with E-state index in [1.54, 1.807) is 20.3 Å². The van der Waals surface area contributed by atoms with Crippen molar-refractivity contribution in [2.75, 3.05) is 26.8 Å². The van der Waals surface area contributed by atoms with Crippen LogP contribution < -0.4 is 18.9 Å². The maximum absolute atomic E-state index is 11.4.